The number of alkyl carbamates (subject to hydrolysis) is 1. The largest absolute Gasteiger partial charge is 0.497 e. The first-order valence-corrected chi connectivity index (χ1v) is 22.1. The molecular weight excluding hydrogens is 831 g/mol. The van der Waals surface area contributed by atoms with Gasteiger partial charge in [-0.2, -0.15) is 13.2 Å². The Labute approximate surface area is 351 Å². The third-order valence-electron chi connectivity index (χ3n) is 12.3. The van der Waals surface area contributed by atoms with Gasteiger partial charge in [-0.1, -0.05) is 57.4 Å². The number of sulfonamides is 1. The summed E-state index contributed by atoms with van der Waals surface area (Å²) in [6, 6.07) is 0.275. The number of benzene rings is 1. The maximum atomic E-state index is 14.8. The first-order chi connectivity index (χ1) is 28.0. The van der Waals surface area contributed by atoms with Crippen molar-refractivity contribution in [1.29, 1.82) is 0 Å². The minimum Gasteiger partial charge on any atom is -0.497 e. The summed E-state index contributed by atoms with van der Waals surface area (Å²) in [7, 11) is -2.71. The van der Waals surface area contributed by atoms with Gasteiger partial charge in [0, 0.05) is 29.4 Å². The van der Waals surface area contributed by atoms with Crippen LogP contribution in [0, 0.1) is 11.3 Å². The van der Waals surface area contributed by atoms with Crippen LogP contribution in [-0.2, 0) is 41.7 Å². The van der Waals surface area contributed by atoms with E-state index in [9.17, 15) is 40.8 Å². The van der Waals surface area contributed by atoms with Crippen molar-refractivity contribution in [1.82, 2.24) is 25.2 Å². The highest BCUT2D eigenvalue weighted by atomic mass is 35.5. The molecule has 5 atom stereocenters. The van der Waals surface area contributed by atoms with E-state index in [1.807, 2.05) is 26.8 Å². The number of pyridine rings is 1. The van der Waals surface area contributed by atoms with Gasteiger partial charge in [-0.15, -0.1) is 0 Å². The molecule has 328 valence electrons. The Balaban J connectivity index is 1.27. The summed E-state index contributed by atoms with van der Waals surface area (Å²) in [5, 5.41) is 5.68. The zero-order valence-corrected chi connectivity index (χ0v) is 35.8. The predicted octanol–water partition coefficient (Wildman–Crippen LogP) is 6.11. The van der Waals surface area contributed by atoms with Gasteiger partial charge in [0.25, 0.3) is 5.91 Å². The molecule has 2 saturated carbocycles. The fourth-order valence-electron chi connectivity index (χ4n) is 8.34. The van der Waals surface area contributed by atoms with Crippen LogP contribution < -0.4 is 24.8 Å². The van der Waals surface area contributed by atoms with Crippen LogP contribution in [0.2, 0.25) is 5.02 Å². The third kappa shape index (κ3) is 8.59. The number of carbonyl (C=O) groups is 4. The fraction of sp³-hybridized carbons (Fsp3) is 0.634. The number of allylic oxidation sites excluding steroid dienone is 1. The summed E-state index contributed by atoms with van der Waals surface area (Å²) in [5.74, 6) is -3.29. The fourth-order valence-corrected chi connectivity index (χ4v) is 9.90. The third-order valence-corrected chi connectivity index (χ3v) is 14.7. The molecule has 3 aliphatic heterocycles. The van der Waals surface area contributed by atoms with E-state index >= 15 is 0 Å². The van der Waals surface area contributed by atoms with Crippen LogP contribution in [0.1, 0.15) is 103 Å². The molecule has 1 spiro atoms. The summed E-state index contributed by atoms with van der Waals surface area (Å²) in [6.07, 6.45) is 0.981. The lowest BCUT2D eigenvalue weighted by molar-refractivity contribution is -0.144. The number of methoxy groups -OCH3 is 1. The molecule has 19 heteroatoms. The van der Waals surface area contributed by atoms with E-state index in [0.29, 0.717) is 38.5 Å². The molecule has 4 heterocycles. The van der Waals surface area contributed by atoms with Gasteiger partial charge in [0.2, 0.25) is 21.8 Å². The van der Waals surface area contributed by atoms with Gasteiger partial charge in [0.05, 0.1) is 35.5 Å². The van der Waals surface area contributed by atoms with E-state index in [1.54, 1.807) is 6.08 Å². The van der Waals surface area contributed by atoms with E-state index in [-0.39, 0.29) is 77.9 Å². The van der Waals surface area contributed by atoms with Gasteiger partial charge in [0.15, 0.2) is 11.4 Å². The molecule has 2 aromatic rings. The Hall–Kier alpha value is -4.32. The number of nitrogens with one attached hydrogen (secondary N) is 3. The van der Waals surface area contributed by atoms with Crippen molar-refractivity contribution in [2.75, 3.05) is 20.3 Å². The monoisotopic (exact) mass is 881 g/mol. The number of hydrogen-bond donors (Lipinski definition) is 3. The molecule has 7 rings (SSSR count). The molecule has 3 fully saturated rings. The van der Waals surface area contributed by atoms with Crippen LogP contribution in [0.5, 0.6) is 11.5 Å². The van der Waals surface area contributed by atoms with E-state index in [2.05, 4.69) is 20.3 Å². The van der Waals surface area contributed by atoms with Crippen molar-refractivity contribution in [2.45, 2.75) is 132 Å². The van der Waals surface area contributed by atoms with Crippen molar-refractivity contribution in [3.05, 3.63) is 40.6 Å². The smallest absolute Gasteiger partial charge is 0.437 e. The second-order valence-corrected chi connectivity index (χ2v) is 20.9. The number of hydrogen-bond acceptors (Lipinski definition) is 10. The van der Waals surface area contributed by atoms with Crippen molar-refractivity contribution < 1.29 is 55.0 Å². The van der Waals surface area contributed by atoms with Crippen LogP contribution in [0.3, 0.4) is 0 Å². The Morgan fingerprint density at radius 1 is 1.10 bits per heavy atom. The summed E-state index contributed by atoms with van der Waals surface area (Å²) in [5.41, 5.74) is -4.89. The number of nitrogens with zero attached hydrogens (tertiary/aromatic N) is 2. The average molecular weight is 882 g/mol. The normalized spacial score (nSPS) is 27.9. The van der Waals surface area contributed by atoms with Crippen molar-refractivity contribution in [3.63, 3.8) is 0 Å². The highest BCUT2D eigenvalue weighted by molar-refractivity contribution is 7.91. The first-order valence-electron chi connectivity index (χ1n) is 20.3. The number of amides is 4. The Morgan fingerprint density at radius 2 is 1.83 bits per heavy atom. The molecule has 4 amide bonds. The van der Waals surface area contributed by atoms with Gasteiger partial charge >= 0.3 is 12.3 Å². The SMILES string of the molecule is COc1cc(Cl)c2nc(C(F)(F)F)c3c(c2c1)CCC1(CC2C(=O)NC4(C(=O)NS(=O)(=O)C5(C)CC5)CC4C=CCCCCCC(NC(=O)OCC(C)(C)C)C(=O)N2C1)O3. The maximum Gasteiger partial charge on any atom is 0.437 e. The van der Waals surface area contributed by atoms with Crippen LogP contribution in [-0.4, -0.2) is 90.3 Å². The summed E-state index contributed by atoms with van der Waals surface area (Å²) in [4.78, 5) is 61.7. The second kappa shape index (κ2) is 15.5. The van der Waals surface area contributed by atoms with E-state index in [4.69, 9.17) is 25.8 Å². The highest BCUT2D eigenvalue weighted by Gasteiger charge is 2.64. The standard InChI is InChI=1S/C41H51ClF3N5O9S/c1-37(2,3)22-58-36(54)46-28-12-10-8-6-7-9-11-23-19-40(23,35(53)49-60(55,56)38(4)15-16-38)48-33(51)29-20-39(21-50(29)34(28)52)14-13-25-26-17-24(57-5)18-27(42)30(26)47-32(31(25)59-39)41(43,44)45/h9,11,17-18,23,28-29H,6-8,10,12-16,19-22H2,1-5H3,(H,46,54)(H,48,51)(H,49,53). The number of fused-ring (bicyclic) bond motifs is 5. The molecule has 3 N–H and O–H groups in total. The Bertz CT molecular complexity index is 2250. The minimum atomic E-state index is -5.00. The van der Waals surface area contributed by atoms with Crippen LogP contribution in [0.4, 0.5) is 18.0 Å². The van der Waals surface area contributed by atoms with E-state index in [1.165, 1.54) is 31.1 Å². The lowest BCUT2D eigenvalue weighted by Gasteiger charge is -2.37. The number of rotatable bonds is 6. The minimum absolute atomic E-state index is 0.00788. The molecule has 60 heavy (non-hydrogen) atoms. The average Bonchev–Trinajstić information content (AvgIpc) is 4.06. The summed E-state index contributed by atoms with van der Waals surface area (Å²) < 4.78 is 89.2. The van der Waals surface area contributed by atoms with Crippen molar-refractivity contribution >= 4 is 56.3 Å². The number of carbonyl (C=O) groups excluding carboxylic acids is 4. The van der Waals surface area contributed by atoms with Crippen molar-refractivity contribution in [3.8, 4) is 11.5 Å². The lowest BCUT2D eigenvalue weighted by atomic mass is 9.87. The number of ether oxygens (including phenoxy) is 3. The Morgan fingerprint density at radius 3 is 2.50 bits per heavy atom. The van der Waals surface area contributed by atoms with Crippen LogP contribution in [0.25, 0.3) is 10.9 Å². The molecule has 2 aliphatic carbocycles. The highest BCUT2D eigenvalue weighted by Crippen LogP contribution is 2.51. The molecule has 0 bridgehead atoms. The van der Waals surface area contributed by atoms with Gasteiger partial charge in [0.1, 0.15) is 29.0 Å². The molecule has 1 saturated heterocycles. The zero-order valence-electron chi connectivity index (χ0n) is 34.2. The molecule has 0 radical (unpaired) electrons. The van der Waals surface area contributed by atoms with Crippen LogP contribution in [0.15, 0.2) is 24.3 Å². The molecule has 5 unspecified atom stereocenters. The topological polar surface area (TPSA) is 182 Å². The second-order valence-electron chi connectivity index (χ2n) is 18.3. The van der Waals surface area contributed by atoms with Crippen molar-refractivity contribution in [2.24, 2.45) is 11.3 Å². The summed E-state index contributed by atoms with van der Waals surface area (Å²) >= 11 is 6.41. The number of aryl methyl sites for hydroxylation is 1. The molecule has 14 nitrogen and oxygen atoms in total. The number of alkyl halides is 3. The molecule has 5 aliphatic rings. The van der Waals surface area contributed by atoms with E-state index < -0.39 is 85.3 Å². The molecule has 1 aromatic heterocycles. The quantitative estimate of drug-likeness (QED) is 0.286. The van der Waals surface area contributed by atoms with Gasteiger partial charge in [-0.25, -0.2) is 18.2 Å². The maximum absolute atomic E-state index is 14.8. The van der Waals surface area contributed by atoms with E-state index in [0.717, 1.165) is 0 Å². The van der Waals surface area contributed by atoms with Gasteiger partial charge in [-0.3, -0.25) is 19.1 Å². The zero-order chi connectivity index (χ0) is 43.6. The number of halogens is 4. The van der Waals surface area contributed by atoms with Gasteiger partial charge in [-0.05, 0) is 69.8 Å². The van der Waals surface area contributed by atoms with Gasteiger partial charge < -0.3 is 29.7 Å². The Kier molecular flexibility index (Phi) is 11.3. The number of aromatic nitrogens is 1. The molecule has 1 aromatic carbocycles. The predicted molar refractivity (Wildman–Crippen MR) is 214 cm³/mol. The molecular formula is C41H51ClF3N5O9S. The first kappa shape index (κ1) is 43.8. The lowest BCUT2D eigenvalue weighted by Crippen LogP contribution is -2.58. The summed E-state index contributed by atoms with van der Waals surface area (Å²) in [6.45, 7) is 6.81. The van der Waals surface area contributed by atoms with Crippen LogP contribution >= 0.6 is 11.6 Å².